The Hall–Kier alpha value is -2.28. The molecule has 0 fully saturated rings. The molecule has 0 aliphatic rings. The van der Waals surface area contributed by atoms with Gasteiger partial charge in [0.2, 0.25) is 0 Å². The molecule has 0 saturated heterocycles. The van der Waals surface area contributed by atoms with Gasteiger partial charge < -0.3 is 5.32 Å². The lowest BCUT2D eigenvalue weighted by atomic mass is 10.1. The molecule has 0 unspecified atom stereocenters. The molecular formula is C18H17N. The summed E-state index contributed by atoms with van der Waals surface area (Å²) < 4.78 is 0. The highest BCUT2D eigenvalue weighted by atomic mass is 14.9. The minimum absolute atomic E-state index is 0.866. The van der Waals surface area contributed by atoms with Crippen LogP contribution in [0, 0.1) is 6.92 Å². The second-order valence-corrected chi connectivity index (χ2v) is 4.84. The lowest BCUT2D eigenvalue weighted by molar-refractivity contribution is 1.12. The Morgan fingerprint density at radius 1 is 0.789 bits per heavy atom. The first-order valence-corrected chi connectivity index (χ1v) is 6.60. The largest absolute Gasteiger partial charge is 0.381 e. The van der Waals surface area contributed by atoms with Crippen LogP contribution in [0.25, 0.3) is 10.8 Å². The van der Waals surface area contributed by atoms with Gasteiger partial charge in [0.05, 0.1) is 0 Å². The van der Waals surface area contributed by atoms with Crippen LogP contribution in [-0.2, 0) is 6.54 Å². The van der Waals surface area contributed by atoms with E-state index in [1.165, 1.54) is 27.6 Å². The summed E-state index contributed by atoms with van der Waals surface area (Å²) in [4.78, 5) is 0. The summed E-state index contributed by atoms with van der Waals surface area (Å²) in [5.41, 5.74) is 3.84. The zero-order valence-corrected chi connectivity index (χ0v) is 11.1. The van der Waals surface area contributed by atoms with Crippen LogP contribution >= 0.6 is 0 Å². The summed E-state index contributed by atoms with van der Waals surface area (Å²) in [6.45, 7) is 3.02. The maximum atomic E-state index is 3.49. The van der Waals surface area contributed by atoms with Crippen molar-refractivity contribution >= 4 is 16.5 Å². The Morgan fingerprint density at radius 2 is 1.53 bits per heavy atom. The molecule has 94 valence electrons. The van der Waals surface area contributed by atoms with Gasteiger partial charge in [-0.05, 0) is 41.0 Å². The van der Waals surface area contributed by atoms with Crippen molar-refractivity contribution < 1.29 is 0 Å². The van der Waals surface area contributed by atoms with Crippen LogP contribution in [0.5, 0.6) is 0 Å². The molecule has 0 aromatic heterocycles. The smallest absolute Gasteiger partial charge is 0.0403 e. The van der Waals surface area contributed by atoms with Gasteiger partial charge in [0.25, 0.3) is 0 Å². The van der Waals surface area contributed by atoms with Crippen LogP contribution in [0.15, 0.2) is 66.7 Å². The SMILES string of the molecule is Cc1ccccc1CNc1ccc2ccccc2c1. The minimum Gasteiger partial charge on any atom is -0.381 e. The fourth-order valence-corrected chi connectivity index (χ4v) is 2.31. The number of nitrogens with one attached hydrogen (secondary N) is 1. The van der Waals surface area contributed by atoms with Gasteiger partial charge >= 0.3 is 0 Å². The van der Waals surface area contributed by atoms with Gasteiger partial charge in [0, 0.05) is 12.2 Å². The summed E-state index contributed by atoms with van der Waals surface area (Å²) in [5, 5.41) is 6.05. The summed E-state index contributed by atoms with van der Waals surface area (Å²) in [7, 11) is 0. The van der Waals surface area contributed by atoms with Gasteiger partial charge in [-0.2, -0.15) is 0 Å². The molecule has 0 heterocycles. The number of aryl methyl sites for hydroxylation is 1. The normalized spacial score (nSPS) is 10.6. The predicted molar refractivity (Wildman–Crippen MR) is 82.5 cm³/mol. The van der Waals surface area contributed by atoms with Gasteiger partial charge in [0.15, 0.2) is 0 Å². The highest BCUT2D eigenvalue weighted by Crippen LogP contribution is 2.19. The monoisotopic (exact) mass is 247 g/mol. The number of rotatable bonds is 3. The lowest BCUT2D eigenvalue weighted by Gasteiger charge is -2.09. The first-order chi connectivity index (χ1) is 9.33. The molecule has 3 aromatic carbocycles. The predicted octanol–water partition coefficient (Wildman–Crippen LogP) is 4.76. The molecule has 0 atom stereocenters. The molecular weight excluding hydrogens is 230 g/mol. The third-order valence-corrected chi connectivity index (χ3v) is 3.49. The van der Waals surface area contributed by atoms with Crippen molar-refractivity contribution in [3.8, 4) is 0 Å². The molecule has 19 heavy (non-hydrogen) atoms. The molecule has 0 radical (unpaired) electrons. The van der Waals surface area contributed by atoms with Gasteiger partial charge in [0.1, 0.15) is 0 Å². The molecule has 0 bridgehead atoms. The summed E-state index contributed by atoms with van der Waals surface area (Å²) in [6, 6.07) is 23.4. The fraction of sp³-hybridized carbons (Fsp3) is 0.111. The first-order valence-electron chi connectivity index (χ1n) is 6.60. The summed E-state index contributed by atoms with van der Waals surface area (Å²) in [5.74, 6) is 0. The molecule has 3 aromatic rings. The van der Waals surface area contributed by atoms with Gasteiger partial charge in [-0.25, -0.2) is 0 Å². The van der Waals surface area contributed by atoms with E-state index in [9.17, 15) is 0 Å². The Bertz CT molecular complexity index is 701. The molecule has 1 N–H and O–H groups in total. The van der Waals surface area contributed by atoms with E-state index < -0.39 is 0 Å². The van der Waals surface area contributed by atoms with E-state index in [2.05, 4.69) is 79.0 Å². The van der Waals surface area contributed by atoms with Crippen LogP contribution in [0.2, 0.25) is 0 Å². The van der Waals surface area contributed by atoms with Crippen molar-refractivity contribution in [1.82, 2.24) is 0 Å². The number of hydrogen-bond donors (Lipinski definition) is 1. The number of anilines is 1. The highest BCUT2D eigenvalue weighted by molar-refractivity contribution is 5.85. The van der Waals surface area contributed by atoms with E-state index in [-0.39, 0.29) is 0 Å². The molecule has 0 saturated carbocycles. The van der Waals surface area contributed by atoms with Gasteiger partial charge in [-0.1, -0.05) is 54.6 Å². The van der Waals surface area contributed by atoms with Crippen molar-refractivity contribution in [3.05, 3.63) is 77.9 Å². The van der Waals surface area contributed by atoms with Crippen LogP contribution in [0.4, 0.5) is 5.69 Å². The average Bonchev–Trinajstić information content (AvgIpc) is 2.46. The fourth-order valence-electron chi connectivity index (χ4n) is 2.31. The van der Waals surface area contributed by atoms with Crippen LogP contribution < -0.4 is 5.32 Å². The van der Waals surface area contributed by atoms with Crippen LogP contribution in [0.1, 0.15) is 11.1 Å². The van der Waals surface area contributed by atoms with Gasteiger partial charge in [-0.15, -0.1) is 0 Å². The van der Waals surface area contributed by atoms with Crippen molar-refractivity contribution in [3.63, 3.8) is 0 Å². The zero-order chi connectivity index (χ0) is 13.1. The van der Waals surface area contributed by atoms with Crippen molar-refractivity contribution in [2.24, 2.45) is 0 Å². The Morgan fingerprint density at radius 3 is 2.37 bits per heavy atom. The van der Waals surface area contributed by atoms with Crippen LogP contribution in [0.3, 0.4) is 0 Å². The maximum Gasteiger partial charge on any atom is 0.0403 e. The van der Waals surface area contributed by atoms with E-state index >= 15 is 0 Å². The molecule has 3 rings (SSSR count). The van der Waals surface area contributed by atoms with Gasteiger partial charge in [-0.3, -0.25) is 0 Å². The van der Waals surface area contributed by atoms with Crippen molar-refractivity contribution in [1.29, 1.82) is 0 Å². The first kappa shape index (κ1) is 11.8. The maximum absolute atomic E-state index is 3.49. The van der Waals surface area contributed by atoms with E-state index in [1.807, 2.05) is 0 Å². The molecule has 1 nitrogen and oxygen atoms in total. The third kappa shape index (κ3) is 2.60. The minimum atomic E-state index is 0.866. The quantitative estimate of drug-likeness (QED) is 0.703. The molecule has 0 aliphatic heterocycles. The number of hydrogen-bond acceptors (Lipinski definition) is 1. The number of benzene rings is 3. The Balaban J connectivity index is 1.80. The summed E-state index contributed by atoms with van der Waals surface area (Å²) in [6.07, 6.45) is 0. The van der Waals surface area contributed by atoms with E-state index in [4.69, 9.17) is 0 Å². The second-order valence-electron chi connectivity index (χ2n) is 4.84. The van der Waals surface area contributed by atoms with Crippen molar-refractivity contribution in [2.45, 2.75) is 13.5 Å². The lowest BCUT2D eigenvalue weighted by Crippen LogP contribution is -2.00. The Labute approximate surface area is 113 Å². The second kappa shape index (κ2) is 5.15. The number of fused-ring (bicyclic) bond motifs is 1. The topological polar surface area (TPSA) is 12.0 Å². The molecule has 0 amide bonds. The zero-order valence-electron chi connectivity index (χ0n) is 11.1. The molecule has 0 spiro atoms. The standard InChI is InChI=1S/C18H17N/c1-14-6-2-3-9-17(14)13-19-18-11-10-15-7-4-5-8-16(15)12-18/h2-12,19H,13H2,1H3. The van der Waals surface area contributed by atoms with Crippen molar-refractivity contribution in [2.75, 3.05) is 5.32 Å². The highest BCUT2D eigenvalue weighted by Gasteiger charge is 1.98. The third-order valence-electron chi connectivity index (χ3n) is 3.49. The average molecular weight is 247 g/mol. The Kier molecular flexibility index (Phi) is 3.20. The van der Waals surface area contributed by atoms with E-state index in [0.29, 0.717) is 0 Å². The van der Waals surface area contributed by atoms with Crippen LogP contribution in [-0.4, -0.2) is 0 Å². The van der Waals surface area contributed by atoms with E-state index in [0.717, 1.165) is 6.54 Å². The molecule has 1 heteroatoms. The van der Waals surface area contributed by atoms with E-state index in [1.54, 1.807) is 0 Å². The summed E-state index contributed by atoms with van der Waals surface area (Å²) >= 11 is 0. The molecule has 0 aliphatic carbocycles.